The van der Waals surface area contributed by atoms with Crippen molar-refractivity contribution in [3.05, 3.63) is 164 Å². The van der Waals surface area contributed by atoms with Gasteiger partial charge in [0.25, 0.3) is 0 Å². The Hall–Kier alpha value is -5.58. The van der Waals surface area contributed by atoms with Gasteiger partial charge in [0, 0.05) is 52.1 Å². The van der Waals surface area contributed by atoms with Gasteiger partial charge in [-0.3, -0.25) is 4.98 Å². The van der Waals surface area contributed by atoms with Crippen LogP contribution in [0.2, 0.25) is 0 Å². The van der Waals surface area contributed by atoms with Crippen molar-refractivity contribution in [2.45, 2.75) is 0 Å². The Morgan fingerprint density at radius 1 is 0.660 bits per heavy atom. The van der Waals surface area contributed by atoms with Crippen LogP contribution in [0.3, 0.4) is 0 Å². The third kappa shape index (κ3) is 4.71. The molecule has 0 amide bonds. The molecule has 0 radical (unpaired) electrons. The van der Waals surface area contributed by atoms with Gasteiger partial charge in [0.05, 0.1) is 5.65 Å². The standard InChI is InChI=1S/C44H27N4O2PSi.Pt/c51-52(30-10-2-1-3-11-30)40-22-18-29(49-28-17-19-31-32-12-4-6-14-35(32)47-25-24-46-44(47)34(31)26-28)27-37(40)48(41-16-8-9-23-45-41)36-20-21-39-42(43(36)52)33-13-5-7-15-38(33)50-39;/h1-25H,51H2;/q-2;+2. The van der Waals surface area contributed by atoms with E-state index in [2.05, 4.69) is 121 Å². The Morgan fingerprint density at radius 3 is 2.30 bits per heavy atom. The summed E-state index contributed by atoms with van der Waals surface area (Å²) in [6.45, 7) is 0. The predicted molar refractivity (Wildman–Crippen MR) is 215 cm³/mol. The van der Waals surface area contributed by atoms with E-state index in [4.69, 9.17) is 19.1 Å². The number of para-hydroxylation sites is 2. The van der Waals surface area contributed by atoms with Gasteiger partial charge in [0.15, 0.2) is 0 Å². The summed E-state index contributed by atoms with van der Waals surface area (Å²) in [6, 6.07) is 53.4. The van der Waals surface area contributed by atoms with Gasteiger partial charge in [-0.15, -0.1) is 38.2 Å². The molecule has 2 unspecified atom stereocenters. The van der Waals surface area contributed by atoms with Crippen LogP contribution in [-0.4, -0.2) is 22.1 Å². The maximum absolute atomic E-state index is 6.65. The average molecular weight is 898 g/mol. The van der Waals surface area contributed by atoms with E-state index in [1.54, 1.807) is 0 Å². The second-order valence-electron chi connectivity index (χ2n) is 13.1. The number of rotatable bonds is 4. The van der Waals surface area contributed by atoms with Crippen LogP contribution in [-0.2, 0) is 21.1 Å². The van der Waals surface area contributed by atoms with Gasteiger partial charge in [-0.25, -0.2) is 4.98 Å². The summed E-state index contributed by atoms with van der Waals surface area (Å²) in [6.07, 6.45) is 5.66. The zero-order valence-corrected chi connectivity index (χ0v) is 32.4. The van der Waals surface area contributed by atoms with Gasteiger partial charge in [0.2, 0.25) is 0 Å². The van der Waals surface area contributed by atoms with E-state index >= 15 is 0 Å². The molecule has 53 heavy (non-hydrogen) atoms. The zero-order valence-electron chi connectivity index (χ0n) is 27.9. The van der Waals surface area contributed by atoms with Crippen molar-refractivity contribution in [1.82, 2.24) is 14.4 Å². The van der Waals surface area contributed by atoms with E-state index in [1.165, 1.54) is 15.6 Å². The third-order valence-electron chi connectivity index (χ3n) is 10.3. The number of aromatic nitrogens is 3. The summed E-state index contributed by atoms with van der Waals surface area (Å²) < 4.78 is 15.2. The van der Waals surface area contributed by atoms with Crippen LogP contribution in [0, 0.1) is 12.1 Å². The minimum absolute atomic E-state index is 0. The van der Waals surface area contributed by atoms with Gasteiger partial charge >= 0.3 is 21.1 Å². The Morgan fingerprint density at radius 2 is 1.43 bits per heavy atom. The van der Waals surface area contributed by atoms with Crippen molar-refractivity contribution in [2.75, 3.05) is 4.90 Å². The number of anilines is 3. The van der Waals surface area contributed by atoms with Crippen LogP contribution < -0.4 is 25.2 Å². The van der Waals surface area contributed by atoms with E-state index in [1.807, 2.05) is 61.1 Å². The number of furan rings is 1. The van der Waals surface area contributed by atoms with E-state index in [0.717, 1.165) is 66.5 Å². The molecular weight excluding hydrogens is 871 g/mol. The van der Waals surface area contributed by atoms with Crippen molar-refractivity contribution in [2.24, 2.45) is 0 Å². The molecule has 11 rings (SSSR count). The minimum atomic E-state index is -2.79. The molecule has 0 bridgehead atoms. The SMILES string of the molecule is P[Si]1(c2ccccc2)c2ccc(Oc3[c-]c4c(cc3)c3ccccc3n3ccnc43)[c-]c2N(c2ccccn2)c2ccc3oc4ccccc4c3c21.[Pt+2]. The van der Waals surface area contributed by atoms with E-state index in [-0.39, 0.29) is 21.1 Å². The van der Waals surface area contributed by atoms with Crippen LogP contribution >= 0.6 is 8.79 Å². The fourth-order valence-corrected chi connectivity index (χ4v) is 13.9. The van der Waals surface area contributed by atoms with Crippen LogP contribution in [0.5, 0.6) is 11.5 Å². The summed E-state index contributed by atoms with van der Waals surface area (Å²) in [4.78, 5) is 11.8. The molecule has 1 aliphatic heterocycles. The molecule has 0 saturated heterocycles. The third-order valence-corrected chi connectivity index (χ3v) is 16.9. The van der Waals surface area contributed by atoms with Gasteiger partial charge in [-0.1, -0.05) is 101 Å². The predicted octanol–water partition coefficient (Wildman–Crippen LogP) is 8.95. The zero-order chi connectivity index (χ0) is 34.4. The first-order chi connectivity index (χ1) is 25.7. The molecule has 2 atom stereocenters. The van der Waals surface area contributed by atoms with Gasteiger partial charge in [0.1, 0.15) is 24.7 Å². The maximum Gasteiger partial charge on any atom is 2.00 e. The Labute approximate surface area is 322 Å². The van der Waals surface area contributed by atoms with Gasteiger partial charge in [-0.05, 0) is 47.0 Å². The normalized spacial score (nSPS) is 15.2. The quantitative estimate of drug-likeness (QED) is 0.0765. The summed E-state index contributed by atoms with van der Waals surface area (Å²) in [5, 5.41) is 9.05. The monoisotopic (exact) mass is 897 g/mol. The fourth-order valence-electron chi connectivity index (χ4n) is 8.04. The molecule has 0 spiro atoms. The number of pyridine rings is 2. The summed E-state index contributed by atoms with van der Waals surface area (Å²) in [5.41, 5.74) is 5.64. The number of nitrogens with zero attached hydrogens (tertiary/aromatic N) is 4. The molecule has 1 aliphatic rings. The van der Waals surface area contributed by atoms with Crippen LogP contribution in [0.1, 0.15) is 0 Å². The minimum Gasteiger partial charge on any atom is -0.503 e. The summed E-state index contributed by atoms with van der Waals surface area (Å²) >= 11 is 0. The first kappa shape index (κ1) is 32.1. The molecule has 9 heteroatoms. The first-order valence-corrected chi connectivity index (χ1v) is 20.9. The van der Waals surface area contributed by atoms with Crippen molar-refractivity contribution in [3.8, 4) is 11.5 Å². The Kier molecular flexibility index (Phi) is 7.42. The van der Waals surface area contributed by atoms with Crippen LogP contribution in [0.25, 0.3) is 49.3 Å². The smallest absolute Gasteiger partial charge is 0.503 e. The second-order valence-corrected chi connectivity index (χ2v) is 18.9. The number of hydrogen-bond acceptors (Lipinski definition) is 5. The number of imidazole rings is 1. The summed E-state index contributed by atoms with van der Waals surface area (Å²) in [7, 11) is 0.578. The van der Waals surface area contributed by atoms with E-state index in [9.17, 15) is 0 Å². The fraction of sp³-hybridized carbons (Fsp3) is 0. The van der Waals surface area contributed by atoms with E-state index < -0.39 is 7.74 Å². The molecule has 6 nitrogen and oxygen atoms in total. The van der Waals surface area contributed by atoms with Crippen molar-refractivity contribution in [3.63, 3.8) is 0 Å². The molecule has 10 aromatic rings. The largest absolute Gasteiger partial charge is 2.00 e. The number of fused-ring (bicyclic) bond motifs is 12. The van der Waals surface area contributed by atoms with Crippen molar-refractivity contribution in [1.29, 1.82) is 0 Å². The molecule has 254 valence electrons. The van der Waals surface area contributed by atoms with Gasteiger partial charge < -0.3 is 18.5 Å². The molecule has 6 aromatic carbocycles. The van der Waals surface area contributed by atoms with Crippen molar-refractivity contribution < 1.29 is 30.2 Å². The molecule has 0 N–H and O–H groups in total. The first-order valence-electron chi connectivity index (χ1n) is 17.1. The van der Waals surface area contributed by atoms with Crippen LogP contribution in [0.15, 0.2) is 156 Å². The van der Waals surface area contributed by atoms with Crippen molar-refractivity contribution >= 4 is 98.5 Å². The Bertz CT molecular complexity index is 3040. The topological polar surface area (TPSA) is 55.8 Å². The maximum atomic E-state index is 6.65. The average Bonchev–Trinajstić information content (AvgIpc) is 3.85. The summed E-state index contributed by atoms with van der Waals surface area (Å²) in [5.74, 6) is 1.97. The number of ether oxygens (including phenoxy) is 1. The number of benzene rings is 6. The molecule has 0 aliphatic carbocycles. The van der Waals surface area contributed by atoms with Crippen LogP contribution in [0.4, 0.5) is 17.2 Å². The van der Waals surface area contributed by atoms with Gasteiger partial charge in [-0.2, -0.15) is 6.07 Å². The van der Waals surface area contributed by atoms with E-state index in [0.29, 0.717) is 11.5 Å². The number of hydrogen-bond donors (Lipinski definition) is 0. The molecule has 4 aromatic heterocycles. The molecule has 0 saturated carbocycles. The molecule has 0 fully saturated rings. The second kappa shape index (κ2) is 12.2. The molecular formula is C44H27N4O2PPtSi. The Balaban J connectivity index is 0.00000349. The molecule has 5 heterocycles.